The Labute approximate surface area is 337 Å². The molecule has 2 saturated heterocycles. The van der Waals surface area contributed by atoms with Crippen molar-refractivity contribution < 1.29 is 86.0 Å². The standard InChI is InChI=1S/C41H42O18/c1-22(42)50-20-30-31(52-23(2)43)34(53-24(3)44)36(54-25(4)45)41(56-30)59-33-32(57-38(47)27-16-10-6-11-17-27)29(21-51-37(46)26-14-8-5-9-15-26)55-40(49)35(33)58-39(48)28-18-12-7-13-19-28/h5-19,29-36,40-41,49H,20-21H2,1-4H3/t29-,30-,31-,32-,33+,34+,35+,36+,40-,41-/m1/s1. The topological polar surface area (TPSA) is 232 Å². The normalized spacial score (nSPS) is 26.3. The SMILES string of the molecule is CC(=O)OC[C@H]1O[C@H](O[C@@H]2[C@H](OC(=O)c3ccccc3)[C@H](O)O[C@H](COC(=O)c3ccccc3)[C@H]2OC(=O)c2ccccc2)[C@@H](OC(C)=O)[C@@H](OC(C)=O)[C@@H]1OC(C)=O. The summed E-state index contributed by atoms with van der Waals surface area (Å²) in [5, 5.41) is 11.5. The molecule has 2 aliphatic rings. The van der Waals surface area contributed by atoms with Gasteiger partial charge in [0.1, 0.15) is 31.5 Å². The minimum atomic E-state index is -2.08. The Hall–Kier alpha value is -6.21. The van der Waals surface area contributed by atoms with Gasteiger partial charge in [0.15, 0.2) is 43.1 Å². The Balaban J connectivity index is 1.61. The molecule has 0 unspecified atom stereocenters. The molecule has 59 heavy (non-hydrogen) atoms. The zero-order valence-electron chi connectivity index (χ0n) is 32.2. The number of hydrogen-bond donors (Lipinski definition) is 1. The number of hydrogen-bond acceptors (Lipinski definition) is 18. The van der Waals surface area contributed by atoms with E-state index in [9.17, 15) is 38.7 Å². The summed E-state index contributed by atoms with van der Waals surface area (Å²) < 4.78 is 57.4. The van der Waals surface area contributed by atoms with Crippen LogP contribution in [0.1, 0.15) is 58.8 Å². The smallest absolute Gasteiger partial charge is 0.338 e. The van der Waals surface area contributed by atoms with Crippen molar-refractivity contribution in [3.8, 4) is 0 Å². The van der Waals surface area contributed by atoms with Gasteiger partial charge in [0, 0.05) is 27.7 Å². The molecule has 0 saturated carbocycles. The monoisotopic (exact) mass is 822 g/mol. The molecule has 0 spiro atoms. The van der Waals surface area contributed by atoms with Crippen molar-refractivity contribution in [1.82, 2.24) is 0 Å². The molecule has 2 aliphatic heterocycles. The van der Waals surface area contributed by atoms with E-state index in [1.54, 1.807) is 54.6 Å². The van der Waals surface area contributed by atoms with Gasteiger partial charge in [0.05, 0.1) is 16.7 Å². The zero-order valence-corrected chi connectivity index (χ0v) is 32.2. The second kappa shape index (κ2) is 20.5. The molecule has 0 aliphatic carbocycles. The van der Waals surface area contributed by atoms with Crippen LogP contribution in [-0.4, -0.2) is 122 Å². The van der Waals surface area contributed by atoms with E-state index in [0.29, 0.717) is 0 Å². The van der Waals surface area contributed by atoms with Gasteiger partial charge in [-0.05, 0) is 36.4 Å². The molecule has 0 radical (unpaired) electrons. The highest BCUT2D eigenvalue weighted by Gasteiger charge is 2.57. The van der Waals surface area contributed by atoms with E-state index in [2.05, 4.69) is 0 Å². The van der Waals surface area contributed by atoms with Crippen LogP contribution in [0.15, 0.2) is 91.0 Å². The molecule has 1 N–H and O–H groups in total. The van der Waals surface area contributed by atoms with Crippen LogP contribution < -0.4 is 0 Å². The second-order valence-electron chi connectivity index (χ2n) is 13.2. The highest BCUT2D eigenvalue weighted by Crippen LogP contribution is 2.35. The first-order chi connectivity index (χ1) is 28.2. The van der Waals surface area contributed by atoms with Gasteiger partial charge in [-0.15, -0.1) is 0 Å². The Morgan fingerprint density at radius 3 is 1.36 bits per heavy atom. The van der Waals surface area contributed by atoms with E-state index >= 15 is 0 Å². The first-order valence-corrected chi connectivity index (χ1v) is 18.3. The number of benzene rings is 3. The molecule has 2 fully saturated rings. The molecule has 3 aromatic carbocycles. The Morgan fingerprint density at radius 1 is 0.458 bits per heavy atom. The van der Waals surface area contributed by atoms with E-state index in [4.69, 9.17) is 47.4 Å². The van der Waals surface area contributed by atoms with Gasteiger partial charge in [-0.2, -0.15) is 0 Å². The lowest BCUT2D eigenvalue weighted by atomic mass is 9.96. The molecule has 10 atom stereocenters. The van der Waals surface area contributed by atoms with Gasteiger partial charge in [0.2, 0.25) is 0 Å². The average Bonchev–Trinajstić information content (AvgIpc) is 3.21. The Kier molecular flexibility index (Phi) is 15.2. The number of esters is 7. The summed E-state index contributed by atoms with van der Waals surface area (Å²) in [6.45, 7) is 2.88. The fourth-order valence-electron chi connectivity index (χ4n) is 6.25. The molecular weight excluding hydrogens is 780 g/mol. The summed E-state index contributed by atoms with van der Waals surface area (Å²) in [5.41, 5.74) is 0.228. The van der Waals surface area contributed by atoms with Gasteiger partial charge in [0.25, 0.3) is 0 Å². The maximum atomic E-state index is 13.8. The van der Waals surface area contributed by atoms with Crippen LogP contribution >= 0.6 is 0 Å². The summed E-state index contributed by atoms with van der Waals surface area (Å²) in [7, 11) is 0. The summed E-state index contributed by atoms with van der Waals surface area (Å²) in [4.78, 5) is 89.7. The summed E-state index contributed by atoms with van der Waals surface area (Å²) in [6.07, 6.45) is -17.6. The molecular formula is C41H42O18. The lowest BCUT2D eigenvalue weighted by molar-refractivity contribution is -0.355. The second-order valence-corrected chi connectivity index (χ2v) is 13.2. The third kappa shape index (κ3) is 11.9. The van der Waals surface area contributed by atoms with E-state index in [-0.39, 0.29) is 16.7 Å². The predicted octanol–water partition coefficient (Wildman–Crippen LogP) is 2.48. The van der Waals surface area contributed by atoms with Crippen molar-refractivity contribution in [2.24, 2.45) is 0 Å². The van der Waals surface area contributed by atoms with Crippen LogP contribution in [0.2, 0.25) is 0 Å². The number of ether oxygens (including phenoxy) is 10. The lowest BCUT2D eigenvalue weighted by Crippen LogP contribution is -2.67. The summed E-state index contributed by atoms with van der Waals surface area (Å²) >= 11 is 0. The van der Waals surface area contributed by atoms with Gasteiger partial charge >= 0.3 is 41.8 Å². The van der Waals surface area contributed by atoms with E-state index in [1.807, 2.05) is 0 Å². The highest BCUT2D eigenvalue weighted by molar-refractivity contribution is 5.90. The lowest BCUT2D eigenvalue weighted by Gasteiger charge is -2.48. The van der Waals surface area contributed by atoms with Crippen LogP contribution in [-0.2, 0) is 66.5 Å². The minimum absolute atomic E-state index is 0.0301. The Morgan fingerprint density at radius 2 is 0.864 bits per heavy atom. The number of carbonyl (C=O) groups is 7. The summed E-state index contributed by atoms with van der Waals surface area (Å²) in [6, 6.07) is 23.1. The molecule has 314 valence electrons. The van der Waals surface area contributed by atoms with Gasteiger partial charge in [-0.25, -0.2) is 14.4 Å². The molecule has 0 amide bonds. The van der Waals surface area contributed by atoms with Crippen LogP contribution in [0.3, 0.4) is 0 Å². The van der Waals surface area contributed by atoms with Crippen molar-refractivity contribution in [3.63, 3.8) is 0 Å². The third-order valence-electron chi connectivity index (χ3n) is 8.74. The van der Waals surface area contributed by atoms with Gasteiger partial charge in [-0.1, -0.05) is 54.6 Å². The van der Waals surface area contributed by atoms with Crippen LogP contribution in [0.5, 0.6) is 0 Å². The van der Waals surface area contributed by atoms with Crippen LogP contribution in [0.25, 0.3) is 0 Å². The van der Waals surface area contributed by atoms with Gasteiger partial charge < -0.3 is 52.5 Å². The molecule has 3 aromatic rings. The van der Waals surface area contributed by atoms with E-state index in [1.165, 1.54) is 36.4 Å². The van der Waals surface area contributed by atoms with Crippen molar-refractivity contribution in [1.29, 1.82) is 0 Å². The zero-order chi connectivity index (χ0) is 42.6. The highest BCUT2D eigenvalue weighted by atomic mass is 16.8. The molecule has 0 bridgehead atoms. The molecule has 18 heteroatoms. The summed E-state index contributed by atoms with van der Waals surface area (Å²) in [5.74, 6) is -6.31. The van der Waals surface area contributed by atoms with Gasteiger partial charge in [-0.3, -0.25) is 19.2 Å². The largest absolute Gasteiger partial charge is 0.463 e. The minimum Gasteiger partial charge on any atom is -0.463 e. The number of carbonyl (C=O) groups excluding carboxylic acids is 7. The van der Waals surface area contributed by atoms with Crippen molar-refractivity contribution >= 4 is 41.8 Å². The fourth-order valence-corrected chi connectivity index (χ4v) is 6.25. The average molecular weight is 823 g/mol. The van der Waals surface area contributed by atoms with E-state index < -0.39 is 116 Å². The maximum absolute atomic E-state index is 13.8. The Bertz CT molecular complexity index is 1940. The third-order valence-corrected chi connectivity index (χ3v) is 8.74. The number of aliphatic hydroxyl groups excluding tert-OH is 1. The van der Waals surface area contributed by atoms with Crippen molar-refractivity contribution in [2.45, 2.75) is 89.1 Å². The molecule has 2 heterocycles. The van der Waals surface area contributed by atoms with E-state index in [0.717, 1.165) is 27.7 Å². The molecule has 0 aromatic heterocycles. The van der Waals surface area contributed by atoms with Crippen LogP contribution in [0, 0.1) is 0 Å². The predicted molar refractivity (Wildman–Crippen MR) is 196 cm³/mol. The molecule has 18 nitrogen and oxygen atoms in total. The molecule has 5 rings (SSSR count). The maximum Gasteiger partial charge on any atom is 0.338 e. The number of rotatable bonds is 14. The van der Waals surface area contributed by atoms with Crippen LogP contribution in [0.4, 0.5) is 0 Å². The number of aliphatic hydroxyl groups is 1. The first kappa shape index (κ1) is 43.9. The fraction of sp³-hybridized carbons (Fsp3) is 0.390. The first-order valence-electron chi connectivity index (χ1n) is 18.3. The van der Waals surface area contributed by atoms with Crippen molar-refractivity contribution in [3.05, 3.63) is 108 Å². The quantitative estimate of drug-likeness (QED) is 0.182. The van der Waals surface area contributed by atoms with Crippen molar-refractivity contribution in [2.75, 3.05) is 13.2 Å².